The molecule has 0 spiro atoms. The first-order valence-electron chi connectivity index (χ1n) is 5.78. The largest absolute Gasteiger partial charge is 0.317 e. The molecule has 0 aromatic heterocycles. The maximum atomic E-state index is 3.45. The van der Waals surface area contributed by atoms with E-state index in [2.05, 4.69) is 23.4 Å². The third kappa shape index (κ3) is 4.67. The zero-order valence-electron chi connectivity index (χ0n) is 9.59. The first kappa shape index (κ1) is 12.3. The fraction of sp³-hybridized carbons (Fsp3) is 1.00. The second-order valence-electron chi connectivity index (χ2n) is 4.11. The molecule has 3 heteroatoms. The van der Waals surface area contributed by atoms with Gasteiger partial charge in [-0.2, -0.15) is 11.8 Å². The highest BCUT2D eigenvalue weighted by molar-refractivity contribution is 7.98. The van der Waals surface area contributed by atoms with Crippen molar-refractivity contribution in [1.82, 2.24) is 10.2 Å². The molecule has 0 aromatic carbocycles. The number of nitrogens with zero attached hydrogens (tertiary/aromatic N) is 1. The molecule has 1 N–H and O–H groups in total. The highest BCUT2D eigenvalue weighted by atomic mass is 32.2. The van der Waals surface area contributed by atoms with Crippen molar-refractivity contribution in [2.24, 2.45) is 5.92 Å². The molecule has 1 rings (SSSR count). The summed E-state index contributed by atoms with van der Waals surface area (Å²) in [5.41, 5.74) is 0. The van der Waals surface area contributed by atoms with Crippen LogP contribution in [0.15, 0.2) is 0 Å². The minimum absolute atomic E-state index is 0.907. The van der Waals surface area contributed by atoms with Crippen LogP contribution in [-0.2, 0) is 0 Å². The van der Waals surface area contributed by atoms with Gasteiger partial charge in [-0.05, 0) is 56.9 Å². The van der Waals surface area contributed by atoms with E-state index in [-0.39, 0.29) is 0 Å². The zero-order chi connectivity index (χ0) is 10.2. The topological polar surface area (TPSA) is 15.3 Å². The van der Waals surface area contributed by atoms with E-state index >= 15 is 0 Å². The summed E-state index contributed by atoms with van der Waals surface area (Å²) < 4.78 is 0. The number of hydrogen-bond donors (Lipinski definition) is 1. The SMILES string of the molecule is CCNCC1CCN(CCCSC)C1. The van der Waals surface area contributed by atoms with E-state index in [0.717, 1.165) is 12.5 Å². The highest BCUT2D eigenvalue weighted by Gasteiger charge is 2.20. The first-order valence-corrected chi connectivity index (χ1v) is 7.18. The maximum Gasteiger partial charge on any atom is 0.00223 e. The Morgan fingerprint density at radius 2 is 2.36 bits per heavy atom. The zero-order valence-corrected chi connectivity index (χ0v) is 10.4. The Bertz CT molecular complexity index is 141. The minimum Gasteiger partial charge on any atom is -0.317 e. The first-order chi connectivity index (χ1) is 6.86. The van der Waals surface area contributed by atoms with E-state index in [0.29, 0.717) is 0 Å². The van der Waals surface area contributed by atoms with Crippen LogP contribution in [0.5, 0.6) is 0 Å². The van der Waals surface area contributed by atoms with Gasteiger partial charge in [-0.1, -0.05) is 6.92 Å². The van der Waals surface area contributed by atoms with Crippen molar-refractivity contribution in [3.63, 3.8) is 0 Å². The Morgan fingerprint density at radius 1 is 1.50 bits per heavy atom. The van der Waals surface area contributed by atoms with Gasteiger partial charge in [0.25, 0.3) is 0 Å². The summed E-state index contributed by atoms with van der Waals surface area (Å²) in [6.45, 7) is 8.47. The molecule has 0 bridgehead atoms. The van der Waals surface area contributed by atoms with Crippen LogP contribution in [0.1, 0.15) is 19.8 Å². The number of hydrogen-bond acceptors (Lipinski definition) is 3. The van der Waals surface area contributed by atoms with Crippen molar-refractivity contribution in [3.8, 4) is 0 Å². The van der Waals surface area contributed by atoms with Gasteiger partial charge in [0.15, 0.2) is 0 Å². The second kappa shape index (κ2) is 7.55. The van der Waals surface area contributed by atoms with Gasteiger partial charge in [0.1, 0.15) is 0 Å². The molecule has 14 heavy (non-hydrogen) atoms. The molecule has 84 valence electrons. The van der Waals surface area contributed by atoms with E-state index in [1.807, 2.05) is 11.8 Å². The summed E-state index contributed by atoms with van der Waals surface area (Å²) in [7, 11) is 0. The molecule has 1 saturated heterocycles. The van der Waals surface area contributed by atoms with Crippen molar-refractivity contribution in [2.75, 3.05) is 44.7 Å². The molecule has 0 amide bonds. The molecule has 1 unspecified atom stereocenters. The molecule has 0 radical (unpaired) electrons. The maximum absolute atomic E-state index is 3.45. The summed E-state index contributed by atoms with van der Waals surface area (Å²) >= 11 is 1.96. The Labute approximate surface area is 92.8 Å². The molecule has 0 saturated carbocycles. The van der Waals surface area contributed by atoms with Gasteiger partial charge >= 0.3 is 0 Å². The van der Waals surface area contributed by atoms with Crippen LogP contribution in [0.4, 0.5) is 0 Å². The standard InChI is InChI=1S/C11H24N2S/c1-3-12-9-11-5-7-13(10-11)6-4-8-14-2/h11-12H,3-10H2,1-2H3. The van der Waals surface area contributed by atoms with E-state index in [1.165, 1.54) is 44.8 Å². The number of rotatable bonds is 7. The predicted molar refractivity (Wildman–Crippen MR) is 66.1 cm³/mol. The smallest absolute Gasteiger partial charge is 0.00223 e. The summed E-state index contributed by atoms with van der Waals surface area (Å²) in [5.74, 6) is 2.22. The number of likely N-dealkylation sites (tertiary alicyclic amines) is 1. The summed E-state index contributed by atoms with van der Waals surface area (Å²) in [6, 6.07) is 0. The lowest BCUT2D eigenvalue weighted by molar-refractivity contribution is 0.324. The molecule has 1 heterocycles. The Morgan fingerprint density at radius 3 is 3.07 bits per heavy atom. The van der Waals surface area contributed by atoms with Crippen LogP contribution in [0.2, 0.25) is 0 Å². The second-order valence-corrected chi connectivity index (χ2v) is 5.09. The van der Waals surface area contributed by atoms with Crippen molar-refractivity contribution >= 4 is 11.8 Å². The third-order valence-electron chi connectivity index (χ3n) is 2.88. The fourth-order valence-corrected chi connectivity index (χ4v) is 2.48. The average molecular weight is 216 g/mol. The van der Waals surface area contributed by atoms with E-state index < -0.39 is 0 Å². The minimum atomic E-state index is 0.907. The van der Waals surface area contributed by atoms with E-state index in [4.69, 9.17) is 0 Å². The van der Waals surface area contributed by atoms with Gasteiger partial charge in [0.05, 0.1) is 0 Å². The van der Waals surface area contributed by atoms with Crippen LogP contribution in [0.25, 0.3) is 0 Å². The van der Waals surface area contributed by atoms with Crippen LogP contribution < -0.4 is 5.32 Å². The number of thioether (sulfide) groups is 1. The average Bonchev–Trinajstić information content (AvgIpc) is 2.63. The Balaban J connectivity index is 2.02. The molecular formula is C11H24N2S. The van der Waals surface area contributed by atoms with Gasteiger partial charge in [0.2, 0.25) is 0 Å². The lowest BCUT2D eigenvalue weighted by Crippen LogP contribution is -2.27. The Kier molecular flexibility index (Phi) is 6.65. The lowest BCUT2D eigenvalue weighted by Gasteiger charge is -2.15. The van der Waals surface area contributed by atoms with E-state index in [9.17, 15) is 0 Å². The van der Waals surface area contributed by atoms with Crippen LogP contribution in [0, 0.1) is 5.92 Å². The molecule has 1 aliphatic heterocycles. The van der Waals surface area contributed by atoms with Gasteiger partial charge < -0.3 is 10.2 Å². The normalized spacial score (nSPS) is 23.1. The summed E-state index contributed by atoms with van der Waals surface area (Å²) in [4.78, 5) is 2.62. The predicted octanol–water partition coefficient (Wildman–Crippen LogP) is 1.67. The van der Waals surface area contributed by atoms with Crippen LogP contribution in [-0.4, -0.2) is 49.6 Å². The highest BCUT2D eigenvalue weighted by Crippen LogP contribution is 2.15. The van der Waals surface area contributed by atoms with Gasteiger partial charge in [0, 0.05) is 6.54 Å². The number of nitrogens with one attached hydrogen (secondary N) is 1. The van der Waals surface area contributed by atoms with Crippen LogP contribution in [0.3, 0.4) is 0 Å². The lowest BCUT2D eigenvalue weighted by atomic mass is 10.1. The molecule has 1 fully saturated rings. The molecule has 1 atom stereocenters. The van der Waals surface area contributed by atoms with Gasteiger partial charge in [-0.25, -0.2) is 0 Å². The third-order valence-corrected chi connectivity index (χ3v) is 3.57. The van der Waals surface area contributed by atoms with Gasteiger partial charge in [-0.15, -0.1) is 0 Å². The molecule has 1 aliphatic rings. The van der Waals surface area contributed by atoms with Crippen molar-refractivity contribution in [2.45, 2.75) is 19.8 Å². The molecular weight excluding hydrogens is 192 g/mol. The fourth-order valence-electron chi connectivity index (χ4n) is 2.06. The van der Waals surface area contributed by atoms with Crippen molar-refractivity contribution in [1.29, 1.82) is 0 Å². The van der Waals surface area contributed by atoms with E-state index in [1.54, 1.807) is 0 Å². The molecule has 0 aromatic rings. The quantitative estimate of drug-likeness (QED) is 0.652. The van der Waals surface area contributed by atoms with Crippen LogP contribution >= 0.6 is 11.8 Å². The van der Waals surface area contributed by atoms with Gasteiger partial charge in [-0.3, -0.25) is 0 Å². The summed E-state index contributed by atoms with van der Waals surface area (Å²) in [5, 5.41) is 3.45. The Hall–Kier alpha value is 0.270. The monoisotopic (exact) mass is 216 g/mol. The molecule has 0 aliphatic carbocycles. The van der Waals surface area contributed by atoms with Crippen molar-refractivity contribution in [3.05, 3.63) is 0 Å². The van der Waals surface area contributed by atoms with Crippen molar-refractivity contribution < 1.29 is 0 Å². The summed E-state index contributed by atoms with van der Waals surface area (Å²) in [6.07, 6.45) is 4.94. The molecule has 2 nitrogen and oxygen atoms in total.